The first-order valence-corrected chi connectivity index (χ1v) is 12.3. The third-order valence-corrected chi connectivity index (χ3v) is 6.40. The minimum absolute atomic E-state index is 0.594. The maximum atomic E-state index is 4.99. The van der Waals surface area contributed by atoms with Gasteiger partial charge in [0, 0.05) is 36.7 Å². The van der Waals surface area contributed by atoms with Crippen molar-refractivity contribution in [1.29, 1.82) is 0 Å². The zero-order valence-electron chi connectivity index (χ0n) is 20.4. The number of aromatic nitrogens is 7. The van der Waals surface area contributed by atoms with Crippen LogP contribution in [-0.2, 0) is 12.8 Å². The highest BCUT2D eigenvalue weighted by Crippen LogP contribution is 2.31. The molecule has 0 unspecified atom stereocenters. The lowest BCUT2D eigenvalue weighted by Gasteiger charge is -2.26. The molecule has 0 aliphatic carbocycles. The lowest BCUT2D eigenvalue weighted by Crippen LogP contribution is -2.27. The second-order valence-corrected chi connectivity index (χ2v) is 8.54. The molecule has 0 fully saturated rings. The van der Waals surface area contributed by atoms with Crippen molar-refractivity contribution in [3.05, 3.63) is 77.6 Å². The van der Waals surface area contributed by atoms with Gasteiger partial charge in [-0.25, -0.2) is 4.98 Å². The van der Waals surface area contributed by atoms with Crippen molar-refractivity contribution in [3.63, 3.8) is 0 Å². The van der Waals surface area contributed by atoms with Crippen LogP contribution in [-0.4, -0.2) is 48.3 Å². The Hall–Kier alpha value is -4.07. The van der Waals surface area contributed by atoms with E-state index in [4.69, 9.17) is 4.98 Å². The normalized spacial score (nSPS) is 11.3. The van der Waals surface area contributed by atoms with E-state index in [1.165, 1.54) is 11.1 Å². The zero-order chi connectivity index (χ0) is 24.2. The molecule has 0 atom stereocenters. The van der Waals surface area contributed by atoms with Gasteiger partial charge in [-0.05, 0) is 42.2 Å². The molecule has 178 valence electrons. The highest BCUT2D eigenvalue weighted by Gasteiger charge is 2.20. The number of fused-ring (bicyclic) bond motifs is 1. The average Bonchev–Trinajstić information content (AvgIpc) is 3.59. The second kappa shape index (κ2) is 10.0. The Bertz CT molecular complexity index is 1400. The number of aryl methyl sites for hydroxylation is 1. The van der Waals surface area contributed by atoms with Gasteiger partial charge < -0.3 is 4.90 Å². The minimum atomic E-state index is 0.594. The Morgan fingerprint density at radius 3 is 2.37 bits per heavy atom. The van der Waals surface area contributed by atoms with Gasteiger partial charge in [-0.2, -0.15) is 14.8 Å². The molecule has 0 amide bonds. The number of aromatic amines is 1. The number of anilines is 1. The third kappa shape index (κ3) is 4.39. The van der Waals surface area contributed by atoms with E-state index in [-0.39, 0.29) is 0 Å². The molecule has 0 spiro atoms. The maximum absolute atomic E-state index is 4.99. The SMILES string of the molecule is CCCc1nc2ccnn2c(N(CC)CC)c1Cc1ccc(-c2ccccc2-c2nn[nH]n2)cc1. The highest BCUT2D eigenvalue weighted by atomic mass is 15.5. The van der Waals surface area contributed by atoms with Crippen LogP contribution in [0.15, 0.2) is 60.8 Å². The summed E-state index contributed by atoms with van der Waals surface area (Å²) >= 11 is 0. The summed E-state index contributed by atoms with van der Waals surface area (Å²) in [5.74, 6) is 1.75. The first-order chi connectivity index (χ1) is 17.2. The summed E-state index contributed by atoms with van der Waals surface area (Å²) < 4.78 is 2.00. The van der Waals surface area contributed by atoms with Gasteiger partial charge >= 0.3 is 0 Å². The second-order valence-electron chi connectivity index (χ2n) is 8.54. The van der Waals surface area contributed by atoms with Crippen LogP contribution in [0.5, 0.6) is 0 Å². The van der Waals surface area contributed by atoms with E-state index in [0.29, 0.717) is 5.82 Å². The van der Waals surface area contributed by atoms with Gasteiger partial charge in [0.25, 0.3) is 0 Å². The van der Waals surface area contributed by atoms with Crippen molar-refractivity contribution in [3.8, 4) is 22.5 Å². The number of benzene rings is 2. The van der Waals surface area contributed by atoms with Gasteiger partial charge in [-0.15, -0.1) is 10.2 Å². The molecule has 0 aliphatic heterocycles. The van der Waals surface area contributed by atoms with Crippen molar-refractivity contribution in [1.82, 2.24) is 35.2 Å². The topological polar surface area (TPSA) is 87.9 Å². The summed E-state index contributed by atoms with van der Waals surface area (Å²) in [4.78, 5) is 7.37. The standard InChI is InChI=1S/C27H30N8/c1-4-9-24-23(27(34(5-2)6-3)35-25(29-24)16-17-28-35)18-19-12-14-20(15-13-19)21-10-7-8-11-22(21)26-30-32-33-31-26/h7-8,10-17H,4-6,9,18H2,1-3H3,(H,30,31,32,33). The lowest BCUT2D eigenvalue weighted by atomic mass is 9.96. The number of hydrogen-bond acceptors (Lipinski definition) is 6. The largest absolute Gasteiger partial charge is 0.357 e. The molecule has 0 radical (unpaired) electrons. The Morgan fingerprint density at radius 1 is 0.914 bits per heavy atom. The fourth-order valence-corrected chi connectivity index (χ4v) is 4.69. The van der Waals surface area contributed by atoms with Gasteiger partial charge in [0.15, 0.2) is 5.65 Å². The third-order valence-electron chi connectivity index (χ3n) is 6.40. The molecule has 3 aromatic heterocycles. The van der Waals surface area contributed by atoms with Crippen LogP contribution in [0, 0.1) is 0 Å². The number of hydrogen-bond donors (Lipinski definition) is 1. The first kappa shape index (κ1) is 22.7. The molecule has 5 aromatic rings. The average molecular weight is 467 g/mol. The molecule has 35 heavy (non-hydrogen) atoms. The van der Waals surface area contributed by atoms with E-state index in [0.717, 1.165) is 66.2 Å². The predicted molar refractivity (Wildman–Crippen MR) is 138 cm³/mol. The Morgan fingerprint density at radius 2 is 1.69 bits per heavy atom. The van der Waals surface area contributed by atoms with Crippen molar-refractivity contribution in [2.24, 2.45) is 0 Å². The number of rotatable bonds is 9. The van der Waals surface area contributed by atoms with Crippen LogP contribution in [0.4, 0.5) is 5.82 Å². The van der Waals surface area contributed by atoms with Crippen LogP contribution in [0.2, 0.25) is 0 Å². The maximum Gasteiger partial charge on any atom is 0.205 e. The quantitative estimate of drug-likeness (QED) is 0.330. The van der Waals surface area contributed by atoms with Gasteiger partial charge in [-0.1, -0.05) is 61.9 Å². The Balaban J connectivity index is 1.54. The molecule has 8 heteroatoms. The van der Waals surface area contributed by atoms with Crippen LogP contribution >= 0.6 is 0 Å². The van der Waals surface area contributed by atoms with Gasteiger partial charge in [0.1, 0.15) is 5.82 Å². The number of nitrogens with one attached hydrogen (secondary N) is 1. The zero-order valence-corrected chi connectivity index (χ0v) is 20.4. The number of nitrogens with zero attached hydrogens (tertiary/aromatic N) is 7. The van der Waals surface area contributed by atoms with Crippen molar-refractivity contribution in [2.75, 3.05) is 18.0 Å². The fraction of sp³-hybridized carbons (Fsp3) is 0.296. The molecule has 0 saturated heterocycles. The summed E-state index contributed by atoms with van der Waals surface area (Å²) in [6, 6.07) is 18.9. The summed E-state index contributed by atoms with van der Waals surface area (Å²) in [6.07, 6.45) is 4.64. The fourth-order valence-electron chi connectivity index (χ4n) is 4.69. The summed E-state index contributed by atoms with van der Waals surface area (Å²) in [5.41, 5.74) is 7.72. The van der Waals surface area contributed by atoms with Crippen molar-refractivity contribution >= 4 is 11.5 Å². The van der Waals surface area contributed by atoms with E-state index in [1.54, 1.807) is 0 Å². The number of H-pyrrole nitrogens is 1. The van der Waals surface area contributed by atoms with Crippen LogP contribution in [0.3, 0.4) is 0 Å². The van der Waals surface area contributed by atoms with Crippen molar-refractivity contribution < 1.29 is 0 Å². The predicted octanol–water partition coefficient (Wildman–Crippen LogP) is 4.97. The van der Waals surface area contributed by atoms with Crippen molar-refractivity contribution in [2.45, 2.75) is 40.0 Å². The summed E-state index contributed by atoms with van der Waals surface area (Å²) in [5, 5.41) is 19.2. The Kier molecular flexibility index (Phi) is 6.52. The van der Waals surface area contributed by atoms with Crippen LogP contribution < -0.4 is 4.90 Å². The van der Waals surface area contributed by atoms with Crippen LogP contribution in [0.1, 0.15) is 44.0 Å². The molecule has 3 heterocycles. The summed E-state index contributed by atoms with van der Waals surface area (Å²) in [7, 11) is 0. The molecular weight excluding hydrogens is 436 g/mol. The number of tetrazole rings is 1. The molecule has 8 nitrogen and oxygen atoms in total. The smallest absolute Gasteiger partial charge is 0.205 e. The lowest BCUT2D eigenvalue weighted by molar-refractivity contribution is 0.768. The van der Waals surface area contributed by atoms with Gasteiger partial charge in [0.05, 0.1) is 11.9 Å². The minimum Gasteiger partial charge on any atom is -0.357 e. The van der Waals surface area contributed by atoms with E-state index in [2.05, 4.69) is 81.7 Å². The molecule has 0 aliphatic rings. The molecule has 0 bridgehead atoms. The summed E-state index contributed by atoms with van der Waals surface area (Å²) in [6.45, 7) is 8.43. The molecule has 1 N–H and O–H groups in total. The highest BCUT2D eigenvalue weighted by molar-refractivity contribution is 5.80. The monoisotopic (exact) mass is 466 g/mol. The Labute approximate surface area is 205 Å². The molecular formula is C27H30N8. The van der Waals surface area contributed by atoms with Gasteiger partial charge in [0.2, 0.25) is 5.82 Å². The first-order valence-electron chi connectivity index (χ1n) is 12.3. The van der Waals surface area contributed by atoms with E-state index < -0.39 is 0 Å². The molecule has 5 rings (SSSR count). The molecule has 0 saturated carbocycles. The molecule has 2 aromatic carbocycles. The van der Waals surface area contributed by atoms with E-state index in [9.17, 15) is 0 Å². The van der Waals surface area contributed by atoms with Crippen LogP contribution in [0.25, 0.3) is 28.2 Å². The van der Waals surface area contributed by atoms with E-state index in [1.807, 2.05) is 35.0 Å². The van der Waals surface area contributed by atoms with E-state index >= 15 is 0 Å². The van der Waals surface area contributed by atoms with Gasteiger partial charge in [-0.3, -0.25) is 0 Å².